The predicted octanol–water partition coefficient (Wildman–Crippen LogP) is 1.62. The average Bonchev–Trinajstić information content (AvgIpc) is 2.40. The third-order valence-electron chi connectivity index (χ3n) is 2.16. The first-order chi connectivity index (χ1) is 9.79. The molecule has 0 aliphatic heterocycles. The van der Waals surface area contributed by atoms with Gasteiger partial charge in [0.1, 0.15) is 5.75 Å². The minimum absolute atomic E-state index is 0.123. The molecule has 0 unspecified atom stereocenters. The highest BCUT2D eigenvalue weighted by Crippen LogP contribution is 2.17. The molecule has 5 nitrogen and oxygen atoms in total. The Bertz CT molecular complexity index is 509. The zero-order chi connectivity index (χ0) is 15.9. The fourth-order valence-electron chi connectivity index (χ4n) is 1.23. The second kappa shape index (κ2) is 7.87. The maximum absolute atomic E-state index is 11.9. The molecule has 9 heteroatoms. The number of carbonyl (C=O) groups is 2. The first kappa shape index (κ1) is 17.3. The van der Waals surface area contributed by atoms with Crippen LogP contribution in [0.5, 0.6) is 5.75 Å². The minimum atomic E-state index is -4.92. The van der Waals surface area contributed by atoms with Crippen molar-refractivity contribution in [1.82, 2.24) is 10.6 Å². The van der Waals surface area contributed by atoms with Crippen LogP contribution in [0.4, 0.5) is 13.2 Å². The van der Waals surface area contributed by atoms with E-state index in [2.05, 4.69) is 21.2 Å². The molecule has 21 heavy (non-hydrogen) atoms. The molecule has 2 amide bonds. The highest BCUT2D eigenvalue weighted by atomic mass is 79.9. The van der Waals surface area contributed by atoms with E-state index >= 15 is 0 Å². The first-order valence-electron chi connectivity index (χ1n) is 5.79. The molecule has 116 valence electrons. The van der Waals surface area contributed by atoms with Crippen LogP contribution in [0, 0.1) is 0 Å². The Hall–Kier alpha value is -1.77. The zero-order valence-electron chi connectivity index (χ0n) is 10.7. The van der Waals surface area contributed by atoms with Crippen LogP contribution in [0.2, 0.25) is 0 Å². The summed E-state index contributed by atoms with van der Waals surface area (Å²) in [7, 11) is 0. The van der Waals surface area contributed by atoms with Crippen LogP contribution >= 0.6 is 15.9 Å². The summed E-state index contributed by atoms with van der Waals surface area (Å²) in [6.45, 7) is -0.715. The predicted molar refractivity (Wildman–Crippen MR) is 71.7 cm³/mol. The van der Waals surface area contributed by atoms with E-state index in [-0.39, 0.29) is 19.7 Å². The van der Waals surface area contributed by atoms with Crippen LogP contribution in [0.1, 0.15) is 0 Å². The molecule has 0 bridgehead atoms. The molecule has 0 heterocycles. The fourth-order valence-corrected chi connectivity index (χ4v) is 1.61. The molecule has 0 saturated heterocycles. The Kier molecular flexibility index (Phi) is 6.47. The van der Waals surface area contributed by atoms with Gasteiger partial charge in [-0.05, 0) is 18.2 Å². The molecule has 2 N–H and O–H groups in total. The number of nitrogens with one attached hydrogen (secondary N) is 2. The molecule has 0 aliphatic carbocycles. The minimum Gasteiger partial charge on any atom is -0.484 e. The Morgan fingerprint density at radius 3 is 2.48 bits per heavy atom. The molecule has 0 radical (unpaired) electrons. The molecule has 1 rings (SSSR count). The Morgan fingerprint density at radius 1 is 1.19 bits per heavy atom. The van der Waals surface area contributed by atoms with E-state index in [1.54, 1.807) is 29.6 Å². The third-order valence-corrected chi connectivity index (χ3v) is 2.65. The van der Waals surface area contributed by atoms with E-state index in [1.807, 2.05) is 0 Å². The summed E-state index contributed by atoms with van der Waals surface area (Å²) in [4.78, 5) is 21.8. The van der Waals surface area contributed by atoms with Crippen LogP contribution in [-0.2, 0) is 9.59 Å². The molecule has 0 aliphatic rings. The maximum Gasteiger partial charge on any atom is 0.471 e. The summed E-state index contributed by atoms with van der Waals surface area (Å²) in [5.41, 5.74) is 0. The van der Waals surface area contributed by atoms with Crippen LogP contribution in [0.15, 0.2) is 28.7 Å². The average molecular weight is 369 g/mol. The fraction of sp³-hybridized carbons (Fsp3) is 0.333. The molecule has 0 saturated carbocycles. The number of hydrogen-bond acceptors (Lipinski definition) is 3. The Morgan fingerprint density at radius 2 is 1.86 bits per heavy atom. The van der Waals surface area contributed by atoms with Crippen molar-refractivity contribution in [2.45, 2.75) is 6.18 Å². The van der Waals surface area contributed by atoms with Gasteiger partial charge in [-0.1, -0.05) is 22.0 Å². The van der Waals surface area contributed by atoms with Crippen LogP contribution in [0.25, 0.3) is 0 Å². The van der Waals surface area contributed by atoms with Gasteiger partial charge >= 0.3 is 12.1 Å². The van der Waals surface area contributed by atoms with Crippen molar-refractivity contribution in [3.63, 3.8) is 0 Å². The van der Waals surface area contributed by atoms with Gasteiger partial charge in [-0.2, -0.15) is 13.2 Å². The monoisotopic (exact) mass is 368 g/mol. The van der Waals surface area contributed by atoms with E-state index in [4.69, 9.17) is 4.74 Å². The quantitative estimate of drug-likeness (QED) is 0.749. The van der Waals surface area contributed by atoms with Gasteiger partial charge in [-0.25, -0.2) is 0 Å². The number of alkyl halides is 3. The number of hydrogen-bond donors (Lipinski definition) is 2. The lowest BCUT2D eigenvalue weighted by molar-refractivity contribution is -0.173. The topological polar surface area (TPSA) is 67.4 Å². The lowest BCUT2D eigenvalue weighted by Crippen LogP contribution is -2.41. The van der Waals surface area contributed by atoms with Gasteiger partial charge in [0.25, 0.3) is 5.91 Å². The van der Waals surface area contributed by atoms with Crippen molar-refractivity contribution in [2.24, 2.45) is 0 Å². The van der Waals surface area contributed by atoms with Crippen molar-refractivity contribution in [1.29, 1.82) is 0 Å². The molecule has 1 aromatic rings. The number of amides is 2. The summed E-state index contributed by atoms with van der Waals surface area (Å²) >= 11 is 3.24. The Labute approximate surface area is 127 Å². The van der Waals surface area contributed by atoms with E-state index < -0.39 is 18.0 Å². The van der Waals surface area contributed by atoms with Crippen LogP contribution < -0.4 is 15.4 Å². The second-order valence-electron chi connectivity index (χ2n) is 3.85. The van der Waals surface area contributed by atoms with Crippen molar-refractivity contribution < 1.29 is 27.5 Å². The summed E-state index contributed by atoms with van der Waals surface area (Å²) in [5.74, 6) is -2.07. The molecule has 0 fully saturated rings. The van der Waals surface area contributed by atoms with Gasteiger partial charge in [0.2, 0.25) is 0 Å². The second-order valence-corrected chi connectivity index (χ2v) is 4.77. The molecular weight excluding hydrogens is 357 g/mol. The van der Waals surface area contributed by atoms with Crippen LogP contribution in [-0.4, -0.2) is 37.7 Å². The molecular formula is C12H12BrF3N2O3. The first-order valence-corrected chi connectivity index (χ1v) is 6.58. The standard InChI is InChI=1S/C12H12BrF3N2O3/c13-8-2-1-3-9(6-8)21-7-10(19)17-4-5-18-11(20)12(14,15)16/h1-3,6H,4-5,7H2,(H,17,19)(H,18,20). The summed E-state index contributed by atoms with van der Waals surface area (Å²) in [6.07, 6.45) is -4.92. The van der Waals surface area contributed by atoms with Crippen molar-refractivity contribution in [3.8, 4) is 5.75 Å². The highest BCUT2D eigenvalue weighted by Gasteiger charge is 2.38. The SMILES string of the molecule is O=C(COc1cccc(Br)c1)NCCNC(=O)C(F)(F)F. The number of carbonyl (C=O) groups excluding carboxylic acids is 2. The van der Waals surface area contributed by atoms with E-state index in [0.717, 1.165) is 4.47 Å². The van der Waals surface area contributed by atoms with Gasteiger partial charge in [0, 0.05) is 17.6 Å². The smallest absolute Gasteiger partial charge is 0.471 e. The number of halogens is 4. The van der Waals surface area contributed by atoms with Crippen molar-refractivity contribution in [2.75, 3.05) is 19.7 Å². The zero-order valence-corrected chi connectivity index (χ0v) is 12.3. The lowest BCUT2D eigenvalue weighted by atomic mass is 10.3. The maximum atomic E-state index is 11.9. The van der Waals surface area contributed by atoms with Crippen LogP contribution in [0.3, 0.4) is 0 Å². The lowest BCUT2D eigenvalue weighted by Gasteiger charge is -2.09. The normalized spacial score (nSPS) is 10.9. The summed E-state index contributed by atoms with van der Waals surface area (Å²) < 4.78 is 41.5. The van der Waals surface area contributed by atoms with Gasteiger partial charge in [-0.3, -0.25) is 9.59 Å². The van der Waals surface area contributed by atoms with Gasteiger partial charge in [0.05, 0.1) is 0 Å². The van der Waals surface area contributed by atoms with Crippen molar-refractivity contribution in [3.05, 3.63) is 28.7 Å². The van der Waals surface area contributed by atoms with E-state index in [0.29, 0.717) is 5.75 Å². The van der Waals surface area contributed by atoms with Gasteiger partial charge < -0.3 is 15.4 Å². The summed E-state index contributed by atoms with van der Waals surface area (Å²) in [6, 6.07) is 6.83. The summed E-state index contributed by atoms with van der Waals surface area (Å²) in [5, 5.41) is 3.95. The van der Waals surface area contributed by atoms with E-state index in [1.165, 1.54) is 0 Å². The number of benzene rings is 1. The highest BCUT2D eigenvalue weighted by molar-refractivity contribution is 9.10. The molecule has 1 aromatic carbocycles. The largest absolute Gasteiger partial charge is 0.484 e. The Balaban J connectivity index is 2.19. The molecule has 0 spiro atoms. The van der Waals surface area contributed by atoms with Gasteiger partial charge in [-0.15, -0.1) is 0 Å². The molecule has 0 atom stereocenters. The van der Waals surface area contributed by atoms with E-state index in [9.17, 15) is 22.8 Å². The third kappa shape index (κ3) is 6.98. The number of ether oxygens (including phenoxy) is 1. The van der Waals surface area contributed by atoms with Gasteiger partial charge in [0.15, 0.2) is 6.61 Å². The molecule has 0 aromatic heterocycles. The number of rotatable bonds is 6. The van der Waals surface area contributed by atoms with Crippen molar-refractivity contribution >= 4 is 27.7 Å².